The second-order valence-electron chi connectivity index (χ2n) is 6.37. The number of methoxy groups -OCH3 is 1. The van der Waals surface area contributed by atoms with E-state index in [1.54, 1.807) is 7.05 Å². The molecule has 1 unspecified atom stereocenters. The van der Waals surface area contributed by atoms with E-state index in [1.807, 2.05) is 24.3 Å². The van der Waals surface area contributed by atoms with Crippen LogP contribution in [0.3, 0.4) is 0 Å². The molecule has 0 aromatic heterocycles. The predicted octanol–water partition coefficient (Wildman–Crippen LogP) is 1.94. The average molecular weight is 492 g/mol. The highest BCUT2D eigenvalue weighted by molar-refractivity contribution is 14.0. The topological polar surface area (TPSA) is 104 Å². The second-order valence-corrected chi connectivity index (χ2v) is 6.37. The Labute approximate surface area is 177 Å². The third-order valence-corrected chi connectivity index (χ3v) is 4.53. The van der Waals surface area contributed by atoms with Crippen molar-refractivity contribution in [1.29, 1.82) is 0 Å². The van der Waals surface area contributed by atoms with Crippen LogP contribution in [0.4, 0.5) is 10.5 Å². The van der Waals surface area contributed by atoms with E-state index in [0.717, 1.165) is 18.6 Å². The van der Waals surface area contributed by atoms with Crippen LogP contribution in [0.1, 0.15) is 18.4 Å². The fourth-order valence-corrected chi connectivity index (χ4v) is 2.86. The lowest BCUT2D eigenvalue weighted by Gasteiger charge is -2.27. The van der Waals surface area contributed by atoms with E-state index >= 15 is 0 Å². The summed E-state index contributed by atoms with van der Waals surface area (Å²) in [6.07, 6.45) is 1.16. The molecule has 0 bridgehead atoms. The number of halogens is 1. The van der Waals surface area contributed by atoms with Gasteiger partial charge in [-0.05, 0) is 30.5 Å². The molecule has 27 heavy (non-hydrogen) atoms. The van der Waals surface area contributed by atoms with Crippen LogP contribution < -0.4 is 16.0 Å². The molecule has 1 amide bonds. The van der Waals surface area contributed by atoms with Crippen LogP contribution in [0.15, 0.2) is 29.3 Å². The maximum atomic E-state index is 11.2. The highest BCUT2D eigenvalue weighted by Crippen LogP contribution is 2.31. The summed E-state index contributed by atoms with van der Waals surface area (Å²) in [7, 11) is 3.05. The number of anilines is 1. The molecule has 152 valence electrons. The number of aliphatic imine (C=N–C) groups is 1. The molecular weight excluding hydrogens is 463 g/mol. The molecule has 4 N–H and O–H groups in total. The maximum Gasteiger partial charge on any atom is 0.411 e. The highest BCUT2D eigenvalue weighted by Gasteiger charge is 2.34. The number of carbonyl (C=O) groups is 1. The van der Waals surface area contributed by atoms with Crippen molar-refractivity contribution >= 4 is 41.7 Å². The van der Waals surface area contributed by atoms with Crippen molar-refractivity contribution in [2.45, 2.75) is 19.4 Å². The first-order valence-electron chi connectivity index (χ1n) is 8.68. The molecule has 1 aromatic carbocycles. The van der Waals surface area contributed by atoms with E-state index in [-0.39, 0.29) is 36.0 Å². The van der Waals surface area contributed by atoms with Crippen LogP contribution >= 0.6 is 24.0 Å². The van der Waals surface area contributed by atoms with Gasteiger partial charge in [0.2, 0.25) is 0 Å². The Morgan fingerprint density at radius 3 is 2.63 bits per heavy atom. The van der Waals surface area contributed by atoms with Crippen LogP contribution in [0.2, 0.25) is 0 Å². The summed E-state index contributed by atoms with van der Waals surface area (Å²) in [5.74, 6) is 0.700. The number of hydrogen-bond donors (Lipinski definition) is 4. The van der Waals surface area contributed by atoms with E-state index in [4.69, 9.17) is 4.74 Å². The van der Waals surface area contributed by atoms with Crippen LogP contribution in [0.25, 0.3) is 0 Å². The summed E-state index contributed by atoms with van der Waals surface area (Å²) < 4.78 is 10.1. The molecule has 0 spiro atoms. The molecule has 1 atom stereocenters. The summed E-state index contributed by atoms with van der Waals surface area (Å²) in [6.45, 7) is 2.85. The van der Waals surface area contributed by atoms with Crippen molar-refractivity contribution in [3.8, 4) is 0 Å². The van der Waals surface area contributed by atoms with Gasteiger partial charge in [-0.3, -0.25) is 10.3 Å². The van der Waals surface area contributed by atoms with Crippen LogP contribution in [-0.4, -0.2) is 57.7 Å². The van der Waals surface area contributed by atoms with Gasteiger partial charge in [-0.2, -0.15) is 0 Å². The third kappa shape index (κ3) is 7.51. The fraction of sp³-hybridized carbons (Fsp3) is 0.556. The monoisotopic (exact) mass is 492 g/mol. The number of carbonyl (C=O) groups excluding carboxylic acids is 1. The zero-order chi connectivity index (χ0) is 18.8. The Morgan fingerprint density at radius 2 is 2.07 bits per heavy atom. The average Bonchev–Trinajstić information content (AvgIpc) is 3.12. The number of aliphatic hydroxyl groups is 1. The van der Waals surface area contributed by atoms with Crippen molar-refractivity contribution < 1.29 is 19.4 Å². The van der Waals surface area contributed by atoms with Gasteiger partial charge in [0, 0.05) is 44.5 Å². The minimum atomic E-state index is -0.492. The van der Waals surface area contributed by atoms with E-state index in [0.29, 0.717) is 37.8 Å². The largest absolute Gasteiger partial charge is 0.453 e. The fourth-order valence-electron chi connectivity index (χ4n) is 2.86. The highest BCUT2D eigenvalue weighted by atomic mass is 127. The first-order valence-corrected chi connectivity index (χ1v) is 8.68. The number of rotatable bonds is 7. The van der Waals surface area contributed by atoms with Gasteiger partial charge in [0.1, 0.15) is 0 Å². The molecule has 0 saturated carbocycles. The van der Waals surface area contributed by atoms with Crippen molar-refractivity contribution in [3.05, 3.63) is 29.8 Å². The van der Waals surface area contributed by atoms with E-state index in [1.165, 1.54) is 7.11 Å². The molecule has 1 aromatic rings. The number of nitrogens with one attached hydrogen (secondary N) is 3. The van der Waals surface area contributed by atoms with Gasteiger partial charge in [-0.1, -0.05) is 12.1 Å². The minimum absolute atomic E-state index is 0. The molecule has 1 fully saturated rings. The summed E-state index contributed by atoms with van der Waals surface area (Å²) in [5, 5.41) is 18.5. The Bertz CT molecular complexity index is 604. The van der Waals surface area contributed by atoms with Gasteiger partial charge < -0.3 is 25.2 Å². The first kappa shape index (κ1) is 23.4. The zero-order valence-electron chi connectivity index (χ0n) is 15.8. The van der Waals surface area contributed by atoms with Gasteiger partial charge in [0.05, 0.1) is 13.7 Å². The van der Waals surface area contributed by atoms with Crippen molar-refractivity contribution in [3.63, 3.8) is 0 Å². The summed E-state index contributed by atoms with van der Waals surface area (Å²) in [6, 6.07) is 7.47. The van der Waals surface area contributed by atoms with E-state index in [9.17, 15) is 9.90 Å². The Morgan fingerprint density at radius 1 is 1.33 bits per heavy atom. The molecule has 0 aliphatic carbocycles. The third-order valence-electron chi connectivity index (χ3n) is 4.53. The maximum absolute atomic E-state index is 11.2. The van der Waals surface area contributed by atoms with Crippen LogP contribution in [0.5, 0.6) is 0 Å². The van der Waals surface area contributed by atoms with Crippen molar-refractivity contribution in [1.82, 2.24) is 10.6 Å². The Balaban J connectivity index is 0.00000364. The normalized spacial score (nSPS) is 19.1. The Kier molecular flexibility index (Phi) is 10.4. The molecule has 9 heteroatoms. The van der Waals surface area contributed by atoms with Gasteiger partial charge >= 0.3 is 6.09 Å². The number of aliphatic hydroxyl groups excluding tert-OH is 1. The number of guanidine groups is 1. The second kappa shape index (κ2) is 12.0. The minimum Gasteiger partial charge on any atom is -0.453 e. The van der Waals surface area contributed by atoms with Crippen molar-refractivity contribution in [2.75, 3.05) is 45.8 Å². The number of amides is 1. The molecule has 1 aliphatic heterocycles. The Hall–Kier alpha value is -1.59. The van der Waals surface area contributed by atoms with Gasteiger partial charge in [0.15, 0.2) is 5.96 Å². The molecule has 1 aliphatic rings. The van der Waals surface area contributed by atoms with Gasteiger partial charge in [0.25, 0.3) is 0 Å². The lowest BCUT2D eigenvalue weighted by Crippen LogP contribution is -2.44. The smallest absolute Gasteiger partial charge is 0.411 e. The number of benzene rings is 1. The lowest BCUT2D eigenvalue weighted by molar-refractivity contribution is 0.127. The molecule has 1 saturated heterocycles. The molecule has 0 radical (unpaired) electrons. The van der Waals surface area contributed by atoms with Crippen molar-refractivity contribution in [2.24, 2.45) is 10.4 Å². The molecule has 1 heterocycles. The van der Waals surface area contributed by atoms with E-state index < -0.39 is 6.09 Å². The van der Waals surface area contributed by atoms with Crippen LogP contribution in [-0.2, 0) is 16.0 Å². The summed E-state index contributed by atoms with van der Waals surface area (Å²) >= 11 is 0. The van der Waals surface area contributed by atoms with Gasteiger partial charge in [-0.25, -0.2) is 4.79 Å². The lowest BCUT2D eigenvalue weighted by atomic mass is 9.84. The number of hydrogen-bond acceptors (Lipinski definition) is 5. The standard InChI is InChI=1S/C18H28N4O4.HI/c1-19-16(21-12-18(7-9-23)8-10-26-13-18)20-11-14-3-5-15(6-4-14)22-17(24)25-2;/h3-6,23H,7-13H2,1-2H3,(H,22,24)(H2,19,20,21);1H. The molecular formula is C18H29IN4O4. The number of ether oxygens (including phenoxy) is 2. The predicted molar refractivity (Wildman–Crippen MR) is 116 cm³/mol. The summed E-state index contributed by atoms with van der Waals surface area (Å²) in [5.41, 5.74) is 1.70. The number of nitrogens with zero attached hydrogens (tertiary/aromatic N) is 1. The summed E-state index contributed by atoms with van der Waals surface area (Å²) in [4.78, 5) is 15.4. The van der Waals surface area contributed by atoms with Gasteiger partial charge in [-0.15, -0.1) is 24.0 Å². The quantitative estimate of drug-likeness (QED) is 0.264. The SMILES string of the molecule is CN=C(NCc1ccc(NC(=O)OC)cc1)NCC1(CCO)CCOC1.I. The van der Waals surface area contributed by atoms with Crippen LogP contribution in [0, 0.1) is 5.41 Å². The molecule has 8 nitrogen and oxygen atoms in total. The van der Waals surface area contributed by atoms with E-state index in [2.05, 4.69) is 25.7 Å². The zero-order valence-corrected chi connectivity index (χ0v) is 18.1. The first-order chi connectivity index (χ1) is 12.6. The molecule has 2 rings (SSSR count).